The van der Waals surface area contributed by atoms with Crippen molar-refractivity contribution >= 4 is 21.6 Å². The maximum absolute atomic E-state index is 9.53. The zero-order valence-electron chi connectivity index (χ0n) is 11.5. The number of fused-ring (bicyclic) bond motifs is 1. The lowest BCUT2D eigenvalue weighted by molar-refractivity contribution is 0.472. The first-order valence-corrected chi connectivity index (χ1v) is 7.42. The topological polar surface area (TPSA) is 62.5 Å². The first-order chi connectivity index (χ1) is 10.1. The Morgan fingerprint density at radius 2 is 2.19 bits per heavy atom. The molecule has 6 heteroatoms. The van der Waals surface area contributed by atoms with Gasteiger partial charge in [-0.05, 0) is 40.5 Å². The standard InChI is InChI=1S/C15H15BrN4O/c1-10(11-3-2-4-13(21)5-11)17-6-12-7-19-15-8-18-14(16)9-20(12)15/h2-5,7-10,17,21H,6H2,1H3. The van der Waals surface area contributed by atoms with E-state index in [1.54, 1.807) is 18.3 Å². The Labute approximate surface area is 130 Å². The molecule has 0 spiro atoms. The lowest BCUT2D eigenvalue weighted by Crippen LogP contribution is -2.19. The molecule has 0 aliphatic carbocycles. The molecule has 0 aliphatic heterocycles. The van der Waals surface area contributed by atoms with E-state index in [2.05, 4.69) is 38.1 Å². The number of aromatic nitrogens is 3. The van der Waals surface area contributed by atoms with Crippen LogP contribution in [0.1, 0.15) is 24.2 Å². The number of halogens is 1. The molecule has 5 nitrogen and oxygen atoms in total. The summed E-state index contributed by atoms with van der Waals surface area (Å²) >= 11 is 3.37. The number of phenols is 1. The van der Waals surface area contributed by atoms with E-state index in [9.17, 15) is 5.11 Å². The lowest BCUT2D eigenvalue weighted by atomic mass is 10.1. The molecule has 1 aromatic carbocycles. The van der Waals surface area contributed by atoms with Crippen molar-refractivity contribution in [3.8, 4) is 5.75 Å². The van der Waals surface area contributed by atoms with Gasteiger partial charge in [-0.2, -0.15) is 0 Å². The highest BCUT2D eigenvalue weighted by molar-refractivity contribution is 9.10. The van der Waals surface area contributed by atoms with Crippen LogP contribution in [0.15, 0.2) is 47.5 Å². The predicted molar refractivity (Wildman–Crippen MR) is 84.0 cm³/mol. The van der Waals surface area contributed by atoms with Gasteiger partial charge in [-0.25, -0.2) is 9.97 Å². The third-order valence-electron chi connectivity index (χ3n) is 3.40. The van der Waals surface area contributed by atoms with Crippen LogP contribution < -0.4 is 5.32 Å². The monoisotopic (exact) mass is 346 g/mol. The Balaban J connectivity index is 1.75. The Morgan fingerprint density at radius 3 is 3.00 bits per heavy atom. The van der Waals surface area contributed by atoms with Crippen molar-refractivity contribution in [1.29, 1.82) is 0 Å². The van der Waals surface area contributed by atoms with Crippen molar-refractivity contribution in [3.63, 3.8) is 0 Å². The van der Waals surface area contributed by atoms with E-state index in [1.165, 1.54) is 0 Å². The third kappa shape index (κ3) is 3.06. The second-order valence-corrected chi connectivity index (χ2v) is 5.70. The summed E-state index contributed by atoms with van der Waals surface area (Å²) in [5, 5.41) is 13.0. The van der Waals surface area contributed by atoms with Crippen molar-refractivity contribution in [2.45, 2.75) is 19.5 Å². The fraction of sp³-hybridized carbons (Fsp3) is 0.200. The second-order valence-electron chi connectivity index (χ2n) is 4.89. The molecule has 1 atom stereocenters. The summed E-state index contributed by atoms with van der Waals surface area (Å²) in [5.41, 5.74) is 2.92. The number of hydrogen-bond donors (Lipinski definition) is 2. The van der Waals surface area contributed by atoms with Crippen molar-refractivity contribution in [2.24, 2.45) is 0 Å². The predicted octanol–water partition coefficient (Wildman–Crippen LogP) is 3.05. The molecule has 0 fully saturated rings. The highest BCUT2D eigenvalue weighted by Gasteiger charge is 2.08. The van der Waals surface area contributed by atoms with Gasteiger partial charge in [0.25, 0.3) is 0 Å². The van der Waals surface area contributed by atoms with Crippen molar-refractivity contribution in [3.05, 3.63) is 58.7 Å². The summed E-state index contributed by atoms with van der Waals surface area (Å²) in [6, 6.07) is 7.41. The third-order valence-corrected chi connectivity index (χ3v) is 3.81. The van der Waals surface area contributed by atoms with Gasteiger partial charge < -0.3 is 10.4 Å². The normalized spacial score (nSPS) is 12.7. The SMILES string of the molecule is CC(NCc1cnc2cnc(Br)cn12)c1cccc(O)c1. The first-order valence-electron chi connectivity index (χ1n) is 6.63. The second kappa shape index (κ2) is 5.83. The zero-order valence-corrected chi connectivity index (χ0v) is 13.1. The summed E-state index contributed by atoms with van der Waals surface area (Å²) in [4.78, 5) is 8.48. The maximum Gasteiger partial charge on any atom is 0.155 e. The maximum atomic E-state index is 9.53. The van der Waals surface area contributed by atoms with Crippen LogP contribution in [0.5, 0.6) is 5.75 Å². The molecule has 0 saturated heterocycles. The van der Waals surface area contributed by atoms with Crippen LogP contribution in [-0.4, -0.2) is 19.5 Å². The van der Waals surface area contributed by atoms with Crippen LogP contribution >= 0.6 is 15.9 Å². The van der Waals surface area contributed by atoms with E-state index in [4.69, 9.17) is 0 Å². The highest BCUT2D eigenvalue weighted by atomic mass is 79.9. The number of nitrogens with one attached hydrogen (secondary N) is 1. The number of aromatic hydroxyl groups is 1. The van der Waals surface area contributed by atoms with Crippen molar-refractivity contribution in [2.75, 3.05) is 0 Å². The van der Waals surface area contributed by atoms with E-state index in [-0.39, 0.29) is 11.8 Å². The molecule has 1 unspecified atom stereocenters. The molecule has 0 saturated carbocycles. The summed E-state index contributed by atoms with van der Waals surface area (Å²) in [6.07, 6.45) is 5.47. The van der Waals surface area contributed by atoms with Crippen LogP contribution in [0.4, 0.5) is 0 Å². The lowest BCUT2D eigenvalue weighted by Gasteiger charge is -2.14. The molecule has 2 heterocycles. The van der Waals surface area contributed by atoms with Gasteiger partial charge in [-0.1, -0.05) is 12.1 Å². The van der Waals surface area contributed by atoms with Crippen molar-refractivity contribution < 1.29 is 5.11 Å². The van der Waals surface area contributed by atoms with Crippen LogP contribution in [0.2, 0.25) is 0 Å². The van der Waals surface area contributed by atoms with Gasteiger partial charge in [0, 0.05) is 18.8 Å². The fourth-order valence-electron chi connectivity index (χ4n) is 2.22. The largest absolute Gasteiger partial charge is 0.508 e. The molecular weight excluding hydrogens is 332 g/mol. The molecule has 0 amide bonds. The van der Waals surface area contributed by atoms with Crippen LogP contribution in [0.3, 0.4) is 0 Å². The van der Waals surface area contributed by atoms with Gasteiger partial charge in [0.1, 0.15) is 10.4 Å². The number of nitrogens with zero attached hydrogens (tertiary/aromatic N) is 3. The minimum Gasteiger partial charge on any atom is -0.508 e. The minimum absolute atomic E-state index is 0.132. The zero-order chi connectivity index (χ0) is 14.8. The molecule has 3 rings (SSSR count). The smallest absolute Gasteiger partial charge is 0.155 e. The highest BCUT2D eigenvalue weighted by Crippen LogP contribution is 2.18. The number of rotatable bonds is 4. The number of hydrogen-bond acceptors (Lipinski definition) is 4. The molecule has 3 aromatic rings. The average Bonchev–Trinajstić information content (AvgIpc) is 2.87. The Bertz CT molecular complexity index is 771. The quantitative estimate of drug-likeness (QED) is 0.762. The molecule has 2 N–H and O–H groups in total. The van der Waals surface area contributed by atoms with Gasteiger partial charge >= 0.3 is 0 Å². The number of imidazole rings is 1. The van der Waals surface area contributed by atoms with Crippen LogP contribution in [0.25, 0.3) is 5.65 Å². The van der Waals surface area contributed by atoms with Gasteiger partial charge in [0.2, 0.25) is 0 Å². The van der Waals surface area contributed by atoms with Gasteiger partial charge in [-0.3, -0.25) is 4.40 Å². The summed E-state index contributed by atoms with van der Waals surface area (Å²) < 4.78 is 2.77. The van der Waals surface area contributed by atoms with E-state index in [0.717, 1.165) is 21.5 Å². The van der Waals surface area contributed by atoms with Crippen molar-refractivity contribution in [1.82, 2.24) is 19.7 Å². The Morgan fingerprint density at radius 1 is 1.33 bits per heavy atom. The molecular formula is C15H15BrN4O. The molecule has 108 valence electrons. The van der Waals surface area contributed by atoms with Gasteiger partial charge in [0.05, 0.1) is 18.1 Å². The van der Waals surface area contributed by atoms with E-state index in [0.29, 0.717) is 6.54 Å². The van der Waals surface area contributed by atoms with Crippen LogP contribution in [-0.2, 0) is 6.54 Å². The Kier molecular flexibility index (Phi) is 3.90. The average molecular weight is 347 g/mol. The molecule has 0 bridgehead atoms. The van der Waals surface area contributed by atoms with Gasteiger partial charge in [0.15, 0.2) is 5.65 Å². The summed E-state index contributed by atoms with van der Waals surface area (Å²) in [7, 11) is 0. The molecule has 0 aliphatic rings. The fourth-order valence-corrected chi connectivity index (χ4v) is 2.52. The minimum atomic E-state index is 0.132. The molecule has 21 heavy (non-hydrogen) atoms. The first kappa shape index (κ1) is 14.0. The van der Waals surface area contributed by atoms with Crippen LogP contribution in [0, 0.1) is 0 Å². The molecule has 0 radical (unpaired) electrons. The van der Waals surface area contributed by atoms with E-state index >= 15 is 0 Å². The number of benzene rings is 1. The Hall–Kier alpha value is -1.92. The molecule has 2 aromatic heterocycles. The van der Waals surface area contributed by atoms with E-state index in [1.807, 2.05) is 28.9 Å². The van der Waals surface area contributed by atoms with E-state index < -0.39 is 0 Å². The van der Waals surface area contributed by atoms with Gasteiger partial charge in [-0.15, -0.1) is 0 Å². The number of phenolic OH excluding ortho intramolecular Hbond substituents is 1. The summed E-state index contributed by atoms with van der Waals surface area (Å²) in [5.74, 6) is 0.283. The summed E-state index contributed by atoms with van der Waals surface area (Å²) in [6.45, 7) is 2.74.